The second kappa shape index (κ2) is 9.69. The molecule has 46 heavy (non-hydrogen) atoms. The molecule has 0 aliphatic carbocycles. The highest BCUT2D eigenvalue weighted by molar-refractivity contribution is 6.32. The average molecular weight is 583 g/mol. The maximum atomic E-state index is 4.71. The average Bonchev–Trinajstić information content (AvgIpc) is 3.13. The lowest BCUT2D eigenvalue weighted by Gasteiger charge is -2.14. The Bertz CT molecular complexity index is 2850. The second-order valence-corrected chi connectivity index (χ2v) is 12.2. The molecular weight excluding hydrogens is 556 g/mol. The van der Waals surface area contributed by atoms with Crippen LogP contribution in [0.25, 0.3) is 97.9 Å². The topological polar surface area (TPSA) is 25.8 Å². The SMILES string of the molecule is c1cnc2c(c1)cc(-c1ccc(-c3ccc4c(c3)c3ccccc3c3cccc5ccc6cccc4c6c53)cc1)c1cccnc12. The number of hydrogen-bond donors (Lipinski definition) is 0. The van der Waals surface area contributed by atoms with Gasteiger partial charge in [-0.25, -0.2) is 0 Å². The quantitative estimate of drug-likeness (QED) is 0.190. The van der Waals surface area contributed by atoms with E-state index < -0.39 is 0 Å². The van der Waals surface area contributed by atoms with Crippen molar-refractivity contribution in [3.05, 3.63) is 158 Å². The van der Waals surface area contributed by atoms with Crippen LogP contribution in [0.4, 0.5) is 0 Å². The van der Waals surface area contributed by atoms with Crippen molar-refractivity contribution in [2.24, 2.45) is 0 Å². The zero-order chi connectivity index (χ0) is 30.2. The van der Waals surface area contributed by atoms with Crippen LogP contribution in [0.1, 0.15) is 0 Å². The normalized spacial score (nSPS) is 11.9. The van der Waals surface area contributed by atoms with E-state index in [4.69, 9.17) is 4.98 Å². The first-order valence-electron chi connectivity index (χ1n) is 15.7. The molecule has 0 aliphatic heterocycles. The Morgan fingerprint density at radius 2 is 0.848 bits per heavy atom. The Balaban J connectivity index is 1.22. The molecule has 0 atom stereocenters. The highest BCUT2D eigenvalue weighted by Crippen LogP contribution is 2.41. The molecule has 2 aromatic heterocycles. The highest BCUT2D eigenvalue weighted by Gasteiger charge is 2.14. The van der Waals surface area contributed by atoms with Crippen molar-refractivity contribution in [1.29, 1.82) is 0 Å². The van der Waals surface area contributed by atoms with Crippen molar-refractivity contribution in [1.82, 2.24) is 9.97 Å². The van der Waals surface area contributed by atoms with Crippen molar-refractivity contribution < 1.29 is 0 Å². The minimum absolute atomic E-state index is 0.937. The Morgan fingerprint density at radius 3 is 1.59 bits per heavy atom. The zero-order valence-electron chi connectivity index (χ0n) is 24.9. The standard InChI is InChI=1S/C44H26N2/c1-2-11-34-33(10-1)36-12-3-7-29-19-20-30-8-4-13-37(42(30)41(29)36)35-22-21-31(25-40(34)35)27-15-17-28(18-16-27)39-26-32-9-5-23-45-43(32)44-38(39)14-6-24-46-44/h1-26H. The van der Waals surface area contributed by atoms with Crippen LogP contribution in [0.2, 0.25) is 0 Å². The molecule has 10 aromatic rings. The molecule has 0 radical (unpaired) electrons. The van der Waals surface area contributed by atoms with Crippen LogP contribution in [0.15, 0.2) is 158 Å². The van der Waals surface area contributed by atoms with E-state index >= 15 is 0 Å². The molecule has 0 aliphatic rings. The van der Waals surface area contributed by atoms with E-state index in [9.17, 15) is 0 Å². The number of aromatic nitrogens is 2. The molecule has 0 saturated carbocycles. The van der Waals surface area contributed by atoms with Crippen LogP contribution >= 0.6 is 0 Å². The fourth-order valence-corrected chi connectivity index (χ4v) is 7.60. The van der Waals surface area contributed by atoms with Crippen LogP contribution in [0.5, 0.6) is 0 Å². The molecule has 0 spiro atoms. The maximum absolute atomic E-state index is 4.71. The van der Waals surface area contributed by atoms with E-state index in [0.29, 0.717) is 0 Å². The van der Waals surface area contributed by atoms with Crippen molar-refractivity contribution >= 4 is 75.7 Å². The summed E-state index contributed by atoms with van der Waals surface area (Å²) in [5.74, 6) is 0. The fourth-order valence-electron chi connectivity index (χ4n) is 7.60. The Kier molecular flexibility index (Phi) is 5.31. The first-order chi connectivity index (χ1) is 22.8. The monoisotopic (exact) mass is 582 g/mol. The summed E-state index contributed by atoms with van der Waals surface area (Å²) in [6.45, 7) is 0. The third-order valence-electron chi connectivity index (χ3n) is 9.69. The van der Waals surface area contributed by atoms with Crippen molar-refractivity contribution in [3.63, 3.8) is 0 Å². The van der Waals surface area contributed by atoms with Crippen molar-refractivity contribution in [2.75, 3.05) is 0 Å². The predicted octanol–water partition coefficient (Wildman–Crippen LogP) is 11.9. The van der Waals surface area contributed by atoms with Gasteiger partial charge in [-0.3, -0.25) is 9.97 Å². The molecule has 10 rings (SSSR count). The van der Waals surface area contributed by atoms with Gasteiger partial charge in [0.15, 0.2) is 0 Å². The summed E-state index contributed by atoms with van der Waals surface area (Å²) in [5, 5.41) is 15.1. The van der Waals surface area contributed by atoms with E-state index in [2.05, 4.69) is 138 Å². The second-order valence-electron chi connectivity index (χ2n) is 12.2. The summed E-state index contributed by atoms with van der Waals surface area (Å²) in [6, 6.07) is 53.3. The lowest BCUT2D eigenvalue weighted by molar-refractivity contribution is 1.37. The zero-order valence-corrected chi connectivity index (χ0v) is 24.9. The minimum Gasteiger partial charge on any atom is -0.254 e. The van der Waals surface area contributed by atoms with E-state index in [0.717, 1.165) is 21.8 Å². The smallest absolute Gasteiger partial charge is 0.0970 e. The third kappa shape index (κ3) is 3.65. The van der Waals surface area contributed by atoms with Crippen LogP contribution < -0.4 is 0 Å². The summed E-state index contributed by atoms with van der Waals surface area (Å²) < 4.78 is 0. The third-order valence-corrected chi connectivity index (χ3v) is 9.69. The molecule has 2 nitrogen and oxygen atoms in total. The van der Waals surface area contributed by atoms with Gasteiger partial charge in [0, 0.05) is 23.2 Å². The molecule has 0 unspecified atom stereocenters. The number of pyridine rings is 2. The van der Waals surface area contributed by atoms with Crippen LogP contribution in [0, 0.1) is 0 Å². The summed E-state index contributed by atoms with van der Waals surface area (Å²) in [6.07, 6.45) is 3.69. The van der Waals surface area contributed by atoms with Gasteiger partial charge in [-0.1, -0.05) is 121 Å². The Labute approximate surface area is 265 Å². The fraction of sp³-hybridized carbons (Fsp3) is 0. The van der Waals surface area contributed by atoms with Gasteiger partial charge in [0.05, 0.1) is 11.0 Å². The molecule has 0 saturated heterocycles. The van der Waals surface area contributed by atoms with Crippen molar-refractivity contribution in [3.8, 4) is 22.3 Å². The van der Waals surface area contributed by atoms with E-state index in [-0.39, 0.29) is 0 Å². The van der Waals surface area contributed by atoms with E-state index in [1.54, 1.807) is 0 Å². The molecule has 0 amide bonds. The number of hydrogen-bond acceptors (Lipinski definition) is 2. The summed E-state index contributed by atoms with van der Waals surface area (Å²) in [5.41, 5.74) is 6.61. The minimum atomic E-state index is 0.937. The highest BCUT2D eigenvalue weighted by atomic mass is 14.7. The van der Waals surface area contributed by atoms with Crippen LogP contribution in [-0.4, -0.2) is 9.97 Å². The lowest BCUT2D eigenvalue weighted by atomic mass is 9.89. The van der Waals surface area contributed by atoms with Gasteiger partial charge in [-0.15, -0.1) is 0 Å². The van der Waals surface area contributed by atoms with Gasteiger partial charge >= 0.3 is 0 Å². The van der Waals surface area contributed by atoms with Gasteiger partial charge in [0.2, 0.25) is 0 Å². The molecule has 0 N–H and O–H groups in total. The molecule has 2 heterocycles. The van der Waals surface area contributed by atoms with Gasteiger partial charge in [0.1, 0.15) is 0 Å². The van der Waals surface area contributed by atoms with Crippen molar-refractivity contribution in [2.45, 2.75) is 0 Å². The largest absolute Gasteiger partial charge is 0.254 e. The summed E-state index contributed by atoms with van der Waals surface area (Å²) in [7, 11) is 0. The number of benzene rings is 7. The summed E-state index contributed by atoms with van der Waals surface area (Å²) >= 11 is 0. The number of nitrogens with zero attached hydrogens (tertiary/aromatic N) is 2. The molecular formula is C44H26N2. The van der Waals surface area contributed by atoms with E-state index in [1.807, 2.05) is 24.5 Å². The maximum Gasteiger partial charge on any atom is 0.0970 e. The Morgan fingerprint density at radius 1 is 0.304 bits per heavy atom. The summed E-state index contributed by atoms with van der Waals surface area (Å²) in [4.78, 5) is 9.35. The van der Waals surface area contributed by atoms with Gasteiger partial charge in [-0.2, -0.15) is 0 Å². The number of rotatable bonds is 2. The van der Waals surface area contributed by atoms with Gasteiger partial charge in [-0.05, 0) is 100 Å². The number of fused-ring (bicyclic) bond motifs is 8. The first kappa shape index (κ1) is 25.2. The Hall–Kier alpha value is -6.12. The van der Waals surface area contributed by atoms with Gasteiger partial charge in [0.25, 0.3) is 0 Å². The van der Waals surface area contributed by atoms with Crippen LogP contribution in [-0.2, 0) is 0 Å². The van der Waals surface area contributed by atoms with Crippen LogP contribution in [0.3, 0.4) is 0 Å². The molecule has 2 heteroatoms. The molecule has 212 valence electrons. The van der Waals surface area contributed by atoms with Gasteiger partial charge < -0.3 is 0 Å². The lowest BCUT2D eigenvalue weighted by Crippen LogP contribution is -1.89. The first-order valence-corrected chi connectivity index (χ1v) is 15.7. The molecule has 0 fully saturated rings. The molecule has 0 bridgehead atoms. The molecule has 8 aromatic carbocycles. The van der Waals surface area contributed by atoms with E-state index in [1.165, 1.54) is 76.1 Å². The predicted molar refractivity (Wildman–Crippen MR) is 195 cm³/mol.